The highest BCUT2D eigenvalue weighted by Gasteiger charge is 2.24. The lowest BCUT2D eigenvalue weighted by Gasteiger charge is -2.31. The number of fused-ring (bicyclic) bond motifs is 1. The molecule has 3 aromatic heterocycles. The van der Waals surface area contributed by atoms with E-state index in [2.05, 4.69) is 25.9 Å². The van der Waals surface area contributed by atoms with Gasteiger partial charge in [0.05, 0.1) is 47.8 Å². The van der Waals surface area contributed by atoms with Crippen LogP contribution in [-0.2, 0) is 26.2 Å². The molecular formula is C34H34FN7O2. The number of benzene rings is 2. The van der Waals surface area contributed by atoms with Gasteiger partial charge in [-0.15, -0.1) is 0 Å². The number of likely N-dealkylation sites (tertiary alicyclic amines) is 1. The predicted octanol–water partition coefficient (Wildman–Crippen LogP) is 5.87. The zero-order chi connectivity index (χ0) is 30.6. The number of carbonyl (C=O) groups is 1. The van der Waals surface area contributed by atoms with Gasteiger partial charge >= 0.3 is 0 Å². The molecule has 0 radical (unpaired) electrons. The summed E-state index contributed by atoms with van der Waals surface area (Å²) in [4.78, 5) is 28.7. The van der Waals surface area contributed by atoms with E-state index < -0.39 is 5.82 Å². The van der Waals surface area contributed by atoms with Crippen LogP contribution in [0.25, 0.3) is 11.0 Å². The van der Waals surface area contributed by atoms with Gasteiger partial charge in [-0.1, -0.05) is 12.1 Å². The fourth-order valence-corrected chi connectivity index (χ4v) is 5.83. The largest absolute Gasteiger partial charge is 0.473 e. The minimum absolute atomic E-state index is 0.0337. The van der Waals surface area contributed by atoms with E-state index in [0.29, 0.717) is 30.1 Å². The van der Waals surface area contributed by atoms with Crippen LogP contribution in [0.15, 0.2) is 67.1 Å². The Hall–Kier alpha value is -4.88. The second-order valence-electron chi connectivity index (χ2n) is 11.2. The van der Waals surface area contributed by atoms with Gasteiger partial charge in [0.2, 0.25) is 5.88 Å². The SMILES string of the molecule is CCn1cncc1Cn1c(CN2CCC(c3cccc(OCc4ccc(C#N)cc4F)n3)CC2)nc2ccc(C(C)=O)cc21. The number of imidazole rings is 2. The molecule has 6 rings (SSSR count). The molecule has 44 heavy (non-hydrogen) atoms. The molecule has 224 valence electrons. The van der Waals surface area contributed by atoms with Crippen molar-refractivity contribution in [3.05, 3.63) is 107 Å². The summed E-state index contributed by atoms with van der Waals surface area (Å²) in [6.45, 7) is 7.67. The molecule has 10 heteroatoms. The number of hydrogen-bond acceptors (Lipinski definition) is 7. The molecule has 0 atom stereocenters. The number of carbonyl (C=O) groups excluding carboxylic acids is 1. The first kappa shape index (κ1) is 29.2. The third kappa shape index (κ3) is 6.24. The fourth-order valence-electron chi connectivity index (χ4n) is 5.83. The Labute approximate surface area is 255 Å². The number of piperidine rings is 1. The van der Waals surface area contributed by atoms with Crippen LogP contribution < -0.4 is 4.74 Å². The lowest BCUT2D eigenvalue weighted by molar-refractivity contribution is 0.101. The van der Waals surface area contributed by atoms with Gasteiger partial charge in [0.25, 0.3) is 0 Å². The molecule has 4 heterocycles. The number of aryl methyl sites for hydroxylation is 1. The number of rotatable bonds is 10. The van der Waals surface area contributed by atoms with Crippen molar-refractivity contribution >= 4 is 16.8 Å². The Bertz CT molecular complexity index is 1850. The lowest BCUT2D eigenvalue weighted by atomic mass is 9.93. The minimum Gasteiger partial charge on any atom is -0.473 e. The molecule has 1 fully saturated rings. The number of ketones is 1. The van der Waals surface area contributed by atoms with Crippen LogP contribution in [0.2, 0.25) is 0 Å². The second kappa shape index (κ2) is 12.8. The third-order valence-electron chi connectivity index (χ3n) is 8.37. The molecule has 0 spiro atoms. The molecule has 0 bridgehead atoms. The number of nitrogens with zero attached hydrogens (tertiary/aromatic N) is 7. The molecule has 2 aromatic carbocycles. The number of ether oxygens (including phenoxy) is 1. The number of Topliss-reactive ketones (excluding diaryl/α,β-unsaturated/α-hetero) is 1. The van der Waals surface area contributed by atoms with E-state index in [9.17, 15) is 9.18 Å². The summed E-state index contributed by atoms with van der Waals surface area (Å²) in [7, 11) is 0. The van der Waals surface area contributed by atoms with Crippen molar-refractivity contribution in [2.75, 3.05) is 13.1 Å². The third-order valence-corrected chi connectivity index (χ3v) is 8.37. The van der Waals surface area contributed by atoms with Gasteiger partial charge in [0.15, 0.2) is 5.78 Å². The van der Waals surface area contributed by atoms with Crippen LogP contribution in [0.4, 0.5) is 4.39 Å². The highest BCUT2D eigenvalue weighted by Crippen LogP contribution is 2.30. The number of halogens is 1. The number of hydrogen-bond donors (Lipinski definition) is 0. The summed E-state index contributed by atoms with van der Waals surface area (Å²) < 4.78 is 24.5. The van der Waals surface area contributed by atoms with E-state index in [-0.39, 0.29) is 23.9 Å². The highest BCUT2D eigenvalue weighted by atomic mass is 19.1. The van der Waals surface area contributed by atoms with Crippen molar-refractivity contribution in [1.29, 1.82) is 5.26 Å². The molecule has 1 aliphatic heterocycles. The summed E-state index contributed by atoms with van der Waals surface area (Å²) in [5.74, 6) is 1.28. The maximum absolute atomic E-state index is 14.3. The van der Waals surface area contributed by atoms with Crippen molar-refractivity contribution in [2.24, 2.45) is 0 Å². The smallest absolute Gasteiger partial charge is 0.213 e. The topological polar surface area (TPSA) is 102 Å². The quantitative estimate of drug-likeness (QED) is 0.187. The molecule has 0 N–H and O–H groups in total. The molecule has 1 aliphatic rings. The Morgan fingerprint density at radius 3 is 2.68 bits per heavy atom. The lowest BCUT2D eigenvalue weighted by Crippen LogP contribution is -2.33. The van der Waals surface area contributed by atoms with Gasteiger partial charge in [0.1, 0.15) is 18.2 Å². The molecule has 0 saturated carbocycles. The molecule has 0 aliphatic carbocycles. The summed E-state index contributed by atoms with van der Waals surface area (Å²) in [5, 5.41) is 8.96. The standard InChI is InChI=1S/C34H34FN7O2/c1-3-41-22-37-18-28(41)19-42-32-16-26(23(2)43)9-10-31(32)38-33(42)20-40-13-11-25(12-14-40)30-5-4-6-34(39-30)44-21-27-8-7-24(17-36)15-29(27)35/h4-10,15-16,18,22,25H,3,11-14,19-21H2,1-2H3. The van der Waals surface area contributed by atoms with E-state index in [0.717, 1.165) is 60.7 Å². The van der Waals surface area contributed by atoms with Gasteiger partial charge in [-0.05, 0) is 76.2 Å². The second-order valence-corrected chi connectivity index (χ2v) is 11.2. The first-order valence-electron chi connectivity index (χ1n) is 14.9. The van der Waals surface area contributed by atoms with Crippen molar-refractivity contribution in [3.8, 4) is 11.9 Å². The monoisotopic (exact) mass is 591 g/mol. The summed E-state index contributed by atoms with van der Waals surface area (Å²) in [6, 6.07) is 17.8. The first-order chi connectivity index (χ1) is 21.4. The predicted molar refractivity (Wildman–Crippen MR) is 164 cm³/mol. The molecular weight excluding hydrogens is 557 g/mol. The molecule has 0 amide bonds. The van der Waals surface area contributed by atoms with Crippen molar-refractivity contribution in [1.82, 2.24) is 29.0 Å². The van der Waals surface area contributed by atoms with E-state index >= 15 is 0 Å². The molecule has 5 aromatic rings. The van der Waals surface area contributed by atoms with Crippen LogP contribution in [0.3, 0.4) is 0 Å². The number of pyridine rings is 1. The zero-order valence-electron chi connectivity index (χ0n) is 24.9. The van der Waals surface area contributed by atoms with Gasteiger partial charge in [0, 0.05) is 41.5 Å². The van der Waals surface area contributed by atoms with Crippen molar-refractivity contribution < 1.29 is 13.9 Å². The zero-order valence-corrected chi connectivity index (χ0v) is 24.9. The average Bonchev–Trinajstić information content (AvgIpc) is 3.64. The normalized spacial score (nSPS) is 14.1. The first-order valence-corrected chi connectivity index (χ1v) is 14.9. The Morgan fingerprint density at radius 2 is 1.93 bits per heavy atom. The van der Waals surface area contributed by atoms with Crippen LogP contribution in [0.5, 0.6) is 5.88 Å². The van der Waals surface area contributed by atoms with Crippen LogP contribution in [-0.4, -0.2) is 47.9 Å². The van der Waals surface area contributed by atoms with E-state index in [1.54, 1.807) is 25.1 Å². The summed E-state index contributed by atoms with van der Waals surface area (Å²) >= 11 is 0. The Morgan fingerprint density at radius 1 is 1.09 bits per heavy atom. The average molecular weight is 592 g/mol. The van der Waals surface area contributed by atoms with Gasteiger partial charge in [-0.2, -0.15) is 5.26 Å². The van der Waals surface area contributed by atoms with Gasteiger partial charge < -0.3 is 13.9 Å². The summed E-state index contributed by atoms with van der Waals surface area (Å²) in [5.41, 5.74) is 5.23. The molecule has 1 saturated heterocycles. The maximum Gasteiger partial charge on any atom is 0.213 e. The van der Waals surface area contributed by atoms with Crippen molar-refractivity contribution in [3.63, 3.8) is 0 Å². The van der Waals surface area contributed by atoms with Gasteiger partial charge in [-0.25, -0.2) is 19.3 Å². The van der Waals surface area contributed by atoms with Crippen LogP contribution in [0, 0.1) is 17.1 Å². The molecule has 9 nitrogen and oxygen atoms in total. The highest BCUT2D eigenvalue weighted by molar-refractivity contribution is 5.97. The Kier molecular flexibility index (Phi) is 8.48. The molecule has 0 unspecified atom stereocenters. The van der Waals surface area contributed by atoms with E-state index in [4.69, 9.17) is 20.0 Å². The minimum atomic E-state index is -0.462. The van der Waals surface area contributed by atoms with E-state index in [1.807, 2.05) is 48.9 Å². The van der Waals surface area contributed by atoms with Crippen LogP contribution in [0.1, 0.15) is 71.3 Å². The van der Waals surface area contributed by atoms with Crippen molar-refractivity contribution in [2.45, 2.75) is 58.8 Å². The van der Waals surface area contributed by atoms with E-state index in [1.165, 1.54) is 6.07 Å². The number of aromatic nitrogens is 5. The maximum atomic E-state index is 14.3. The summed E-state index contributed by atoms with van der Waals surface area (Å²) in [6.07, 6.45) is 5.63. The van der Waals surface area contributed by atoms with Gasteiger partial charge in [-0.3, -0.25) is 9.69 Å². The fraction of sp³-hybridized carbons (Fsp3) is 0.324. The number of nitriles is 1. The Balaban J connectivity index is 1.14. The van der Waals surface area contributed by atoms with Crippen LogP contribution >= 0.6 is 0 Å².